The van der Waals surface area contributed by atoms with Crippen molar-refractivity contribution >= 4 is 17.9 Å². The molecule has 0 saturated carbocycles. The molecule has 36 heavy (non-hydrogen) atoms. The van der Waals surface area contributed by atoms with E-state index < -0.39 is 23.8 Å². The highest BCUT2D eigenvalue weighted by Crippen LogP contribution is 2.34. The van der Waals surface area contributed by atoms with E-state index in [4.69, 9.17) is 5.11 Å². The van der Waals surface area contributed by atoms with E-state index in [0.29, 0.717) is 17.0 Å². The van der Waals surface area contributed by atoms with Gasteiger partial charge < -0.3 is 15.5 Å². The van der Waals surface area contributed by atoms with Crippen LogP contribution >= 0.6 is 11.9 Å². The maximum Gasteiger partial charge on any atom is 0.416 e. The zero-order valence-electron chi connectivity index (χ0n) is 21.1. The van der Waals surface area contributed by atoms with E-state index in [1.54, 1.807) is 17.4 Å². The predicted molar refractivity (Wildman–Crippen MR) is 138 cm³/mol. The van der Waals surface area contributed by atoms with E-state index in [2.05, 4.69) is 31.3 Å². The zero-order chi connectivity index (χ0) is 26.8. The summed E-state index contributed by atoms with van der Waals surface area (Å²) in [5, 5.41) is 22.7. The van der Waals surface area contributed by atoms with Gasteiger partial charge in [0, 0.05) is 29.9 Å². The third-order valence-electron chi connectivity index (χ3n) is 5.81. The first-order valence-corrected chi connectivity index (χ1v) is 12.9. The van der Waals surface area contributed by atoms with Crippen LogP contribution in [0.2, 0.25) is 0 Å². The highest BCUT2D eigenvalue weighted by atomic mass is 32.2. The zero-order valence-corrected chi connectivity index (χ0v) is 22.0. The molecule has 1 atom stereocenters. The Kier molecular flexibility index (Phi) is 11.7. The predicted octanol–water partition coefficient (Wildman–Crippen LogP) is 5.80. The van der Waals surface area contributed by atoms with Crippen LogP contribution in [0.15, 0.2) is 53.4 Å². The lowest BCUT2D eigenvalue weighted by Gasteiger charge is -2.29. The molecule has 3 N–H and O–H groups in total. The average molecular weight is 527 g/mol. The number of rotatable bonds is 15. The van der Waals surface area contributed by atoms with Gasteiger partial charge in [-0.05, 0) is 94.3 Å². The minimum absolute atomic E-state index is 0.0968. The van der Waals surface area contributed by atoms with Gasteiger partial charge in [0.15, 0.2) is 0 Å². The Balaban J connectivity index is 1.86. The van der Waals surface area contributed by atoms with Gasteiger partial charge in [0.05, 0.1) is 11.7 Å². The second-order valence-electron chi connectivity index (χ2n) is 9.77. The van der Waals surface area contributed by atoms with Gasteiger partial charge in [0.1, 0.15) is 0 Å². The van der Waals surface area contributed by atoms with Crippen LogP contribution in [0.1, 0.15) is 56.2 Å². The van der Waals surface area contributed by atoms with Gasteiger partial charge in [0.2, 0.25) is 0 Å². The molecule has 0 aliphatic rings. The lowest BCUT2D eigenvalue weighted by molar-refractivity contribution is -0.138. The first-order chi connectivity index (χ1) is 16.8. The largest absolute Gasteiger partial charge is 0.481 e. The number of β-amino-alcohol motifs (C(OH)–C–C–N with tert-alkyl or cyclic N) is 1. The fourth-order valence-corrected chi connectivity index (χ4v) is 4.90. The van der Waals surface area contributed by atoms with Crippen molar-refractivity contribution in [3.05, 3.63) is 65.2 Å². The monoisotopic (exact) mass is 526 g/mol. The standard InChI is InChI=1S/C27H37F3N2O3S/c1-26(2,14-8-12-20-9-5-4-6-10-20)31-18-23(33)19-32(3)36-24-16-21(11-7-13-25(34)35)15-22(17-24)27(28,29)30/h4-6,9-10,15-17,23,31,33H,7-8,11-14,18-19H2,1-3H3,(H,34,35)/t23-/m1/s1. The Morgan fingerprint density at radius 1 is 1.06 bits per heavy atom. The van der Waals surface area contributed by atoms with Crippen LogP contribution in [0.4, 0.5) is 13.2 Å². The lowest BCUT2D eigenvalue weighted by Crippen LogP contribution is -2.45. The van der Waals surface area contributed by atoms with E-state index in [9.17, 15) is 23.1 Å². The van der Waals surface area contributed by atoms with Crippen molar-refractivity contribution in [3.63, 3.8) is 0 Å². The van der Waals surface area contributed by atoms with E-state index >= 15 is 0 Å². The molecule has 0 aliphatic carbocycles. The first-order valence-electron chi connectivity index (χ1n) is 12.1. The normalized spacial score (nSPS) is 13.2. The third-order valence-corrected chi connectivity index (χ3v) is 6.71. The molecule has 0 aliphatic heterocycles. The van der Waals surface area contributed by atoms with Crippen LogP contribution in [0.25, 0.3) is 0 Å². The molecule has 0 amide bonds. The van der Waals surface area contributed by atoms with Gasteiger partial charge in [0.25, 0.3) is 0 Å². The SMILES string of the molecule is CN(C[C@H](O)CNC(C)(C)CCCc1ccccc1)Sc1cc(CCCC(=O)O)cc(C(F)(F)F)c1. The van der Waals surface area contributed by atoms with Crippen molar-refractivity contribution in [1.82, 2.24) is 9.62 Å². The topological polar surface area (TPSA) is 72.8 Å². The minimum Gasteiger partial charge on any atom is -0.481 e. The molecular formula is C27H37F3N2O3S. The molecule has 2 aromatic rings. The van der Waals surface area contributed by atoms with Crippen molar-refractivity contribution in [2.75, 3.05) is 20.1 Å². The van der Waals surface area contributed by atoms with Crippen molar-refractivity contribution < 1.29 is 28.2 Å². The highest BCUT2D eigenvalue weighted by molar-refractivity contribution is 7.97. The molecule has 0 radical (unpaired) electrons. The summed E-state index contributed by atoms with van der Waals surface area (Å²) in [5.74, 6) is -0.974. The Hall–Kier alpha value is -2.07. The van der Waals surface area contributed by atoms with Gasteiger partial charge in [-0.3, -0.25) is 4.79 Å². The number of likely N-dealkylation sites (N-methyl/N-ethyl adjacent to an activating group) is 1. The summed E-state index contributed by atoms with van der Waals surface area (Å²) in [7, 11) is 1.73. The molecule has 0 bridgehead atoms. The number of halogens is 3. The fraction of sp³-hybridized carbons (Fsp3) is 0.519. The van der Waals surface area contributed by atoms with Gasteiger partial charge in [-0.15, -0.1) is 0 Å². The average Bonchev–Trinajstić information content (AvgIpc) is 2.77. The molecule has 0 heterocycles. The number of carboxylic acid groups (broad SMARTS) is 1. The number of carboxylic acids is 1. The fourth-order valence-electron chi connectivity index (χ4n) is 3.91. The van der Waals surface area contributed by atoms with E-state index in [1.165, 1.54) is 5.56 Å². The van der Waals surface area contributed by atoms with Gasteiger partial charge >= 0.3 is 12.1 Å². The second-order valence-corrected chi connectivity index (χ2v) is 11.0. The Morgan fingerprint density at radius 3 is 2.36 bits per heavy atom. The van der Waals surface area contributed by atoms with E-state index in [0.717, 1.165) is 43.3 Å². The molecule has 2 rings (SSSR count). The number of hydrogen-bond donors (Lipinski definition) is 3. The van der Waals surface area contributed by atoms with Crippen molar-refractivity contribution in [2.45, 2.75) is 75.1 Å². The quantitative estimate of drug-likeness (QED) is 0.255. The summed E-state index contributed by atoms with van der Waals surface area (Å²) in [6.45, 7) is 4.82. The Labute approximate surface area is 216 Å². The maximum absolute atomic E-state index is 13.4. The van der Waals surface area contributed by atoms with Crippen LogP contribution in [0, 0.1) is 0 Å². The number of alkyl halides is 3. The molecule has 0 aromatic heterocycles. The van der Waals surface area contributed by atoms with Crippen molar-refractivity contribution in [2.24, 2.45) is 0 Å². The Morgan fingerprint density at radius 2 is 1.72 bits per heavy atom. The van der Waals surface area contributed by atoms with Crippen LogP contribution in [-0.4, -0.2) is 52.3 Å². The number of aliphatic hydroxyl groups excluding tert-OH is 1. The summed E-state index contributed by atoms with van der Waals surface area (Å²) in [6, 6.07) is 14.1. The van der Waals surface area contributed by atoms with E-state index in [-0.39, 0.29) is 31.3 Å². The molecular weight excluding hydrogens is 489 g/mol. The molecule has 9 heteroatoms. The van der Waals surface area contributed by atoms with Gasteiger partial charge in [-0.25, -0.2) is 4.31 Å². The summed E-state index contributed by atoms with van der Waals surface area (Å²) in [6.07, 6.45) is -1.83. The maximum atomic E-state index is 13.4. The first kappa shape index (κ1) is 30.2. The van der Waals surface area contributed by atoms with Crippen LogP contribution in [-0.2, 0) is 23.8 Å². The van der Waals surface area contributed by atoms with E-state index in [1.807, 2.05) is 18.2 Å². The van der Waals surface area contributed by atoms with Crippen LogP contribution in [0.3, 0.4) is 0 Å². The third kappa shape index (κ3) is 11.8. The molecule has 5 nitrogen and oxygen atoms in total. The highest BCUT2D eigenvalue weighted by Gasteiger charge is 2.31. The number of benzene rings is 2. The molecule has 0 unspecified atom stereocenters. The number of nitrogens with one attached hydrogen (secondary N) is 1. The van der Waals surface area contributed by atoms with Crippen molar-refractivity contribution in [3.8, 4) is 0 Å². The molecule has 0 spiro atoms. The van der Waals surface area contributed by atoms with Crippen molar-refractivity contribution in [1.29, 1.82) is 0 Å². The molecule has 0 saturated heterocycles. The van der Waals surface area contributed by atoms with Gasteiger partial charge in [-0.2, -0.15) is 13.2 Å². The number of hydrogen-bond acceptors (Lipinski definition) is 5. The number of aryl methyl sites for hydroxylation is 2. The Bertz CT molecular complexity index is 955. The smallest absolute Gasteiger partial charge is 0.416 e. The molecule has 200 valence electrons. The van der Waals surface area contributed by atoms with Crippen LogP contribution < -0.4 is 5.32 Å². The second kappa shape index (κ2) is 14.0. The number of nitrogens with zero attached hydrogens (tertiary/aromatic N) is 1. The van der Waals surface area contributed by atoms with Gasteiger partial charge in [-0.1, -0.05) is 30.3 Å². The molecule has 0 fully saturated rings. The number of aliphatic hydroxyl groups is 1. The number of aliphatic carboxylic acids is 1. The number of carbonyl (C=O) groups is 1. The minimum atomic E-state index is -4.49. The summed E-state index contributed by atoms with van der Waals surface area (Å²) in [5.41, 5.74) is 0.826. The summed E-state index contributed by atoms with van der Waals surface area (Å²) in [4.78, 5) is 11.1. The lowest BCUT2D eigenvalue weighted by atomic mass is 9.95. The summed E-state index contributed by atoms with van der Waals surface area (Å²) >= 11 is 1.13. The summed E-state index contributed by atoms with van der Waals surface area (Å²) < 4.78 is 41.8. The van der Waals surface area contributed by atoms with Crippen LogP contribution in [0.5, 0.6) is 0 Å². The molecule has 2 aromatic carbocycles.